The highest BCUT2D eigenvalue weighted by atomic mass is 32.2. The Labute approximate surface area is 114 Å². The van der Waals surface area contributed by atoms with E-state index in [1.807, 2.05) is 6.92 Å². The van der Waals surface area contributed by atoms with Crippen LogP contribution in [0.2, 0.25) is 0 Å². The van der Waals surface area contributed by atoms with Crippen LogP contribution >= 0.6 is 11.8 Å². The summed E-state index contributed by atoms with van der Waals surface area (Å²) in [5.41, 5.74) is -0.110. The summed E-state index contributed by atoms with van der Waals surface area (Å²) in [6, 6.07) is 4.38. The molecule has 0 aliphatic rings. The third-order valence-corrected chi connectivity index (χ3v) is 3.33. The number of aliphatic carboxylic acids is 1. The number of carboxylic acids is 1. The Morgan fingerprint density at radius 1 is 1.58 bits per heavy atom. The molecule has 1 aromatic carbocycles. The molecule has 0 fully saturated rings. The van der Waals surface area contributed by atoms with Crippen molar-refractivity contribution in [2.75, 3.05) is 6.61 Å². The number of hydrogen-bond acceptors (Lipinski definition) is 5. The van der Waals surface area contributed by atoms with E-state index in [0.717, 1.165) is 18.2 Å². The van der Waals surface area contributed by atoms with Crippen molar-refractivity contribution in [1.29, 1.82) is 0 Å². The van der Waals surface area contributed by atoms with Gasteiger partial charge in [0, 0.05) is 17.0 Å². The van der Waals surface area contributed by atoms with Gasteiger partial charge in [0.25, 0.3) is 0 Å². The molecule has 0 aliphatic carbocycles. The quantitative estimate of drug-likeness (QED) is 0.470. The summed E-state index contributed by atoms with van der Waals surface area (Å²) in [4.78, 5) is 21.7. The molecule has 104 valence electrons. The Morgan fingerprint density at radius 2 is 2.26 bits per heavy atom. The smallest absolute Gasteiger partial charge is 0.316 e. The average Bonchev–Trinajstić information content (AvgIpc) is 2.35. The third-order valence-electron chi connectivity index (χ3n) is 2.25. The van der Waals surface area contributed by atoms with Crippen LogP contribution in [0.4, 0.5) is 5.69 Å². The monoisotopic (exact) mass is 285 g/mol. The summed E-state index contributed by atoms with van der Waals surface area (Å²) >= 11 is 1.12. The summed E-state index contributed by atoms with van der Waals surface area (Å²) in [5, 5.41) is 19.1. The molecule has 0 aliphatic heterocycles. The van der Waals surface area contributed by atoms with Crippen molar-refractivity contribution in [1.82, 2.24) is 0 Å². The summed E-state index contributed by atoms with van der Waals surface area (Å²) < 4.78 is 5.33. The third kappa shape index (κ3) is 4.44. The molecule has 0 saturated carbocycles. The fourth-order valence-electron chi connectivity index (χ4n) is 1.30. The first kappa shape index (κ1) is 15.3. The van der Waals surface area contributed by atoms with Crippen molar-refractivity contribution >= 4 is 23.4 Å². The van der Waals surface area contributed by atoms with E-state index in [-0.39, 0.29) is 11.4 Å². The van der Waals surface area contributed by atoms with E-state index in [4.69, 9.17) is 9.84 Å². The van der Waals surface area contributed by atoms with Gasteiger partial charge in [-0.2, -0.15) is 0 Å². The number of carbonyl (C=O) groups is 1. The second-order valence-electron chi connectivity index (χ2n) is 3.83. The topological polar surface area (TPSA) is 89.7 Å². The van der Waals surface area contributed by atoms with Gasteiger partial charge in [-0.05, 0) is 19.4 Å². The molecule has 19 heavy (non-hydrogen) atoms. The van der Waals surface area contributed by atoms with E-state index in [0.29, 0.717) is 11.5 Å². The van der Waals surface area contributed by atoms with Gasteiger partial charge >= 0.3 is 11.7 Å². The van der Waals surface area contributed by atoms with E-state index in [1.165, 1.54) is 18.2 Å². The first-order valence-electron chi connectivity index (χ1n) is 5.76. The first-order chi connectivity index (χ1) is 8.95. The Kier molecular flexibility index (Phi) is 5.62. The van der Waals surface area contributed by atoms with Crippen LogP contribution in [0.3, 0.4) is 0 Å². The number of nitrogens with zero attached hydrogens (tertiary/aromatic N) is 1. The predicted molar refractivity (Wildman–Crippen MR) is 71.8 cm³/mol. The SMILES string of the molecule is CCCOc1cc(SC(C)C(=O)O)ccc1[N+](=O)[O-]. The molecule has 7 heteroatoms. The molecule has 1 N–H and O–H groups in total. The summed E-state index contributed by atoms with van der Waals surface area (Å²) in [7, 11) is 0. The maximum Gasteiger partial charge on any atom is 0.316 e. The minimum atomic E-state index is -0.931. The fraction of sp³-hybridized carbons (Fsp3) is 0.417. The lowest BCUT2D eigenvalue weighted by Gasteiger charge is -2.09. The van der Waals surface area contributed by atoms with Crippen LogP contribution in [-0.4, -0.2) is 27.9 Å². The van der Waals surface area contributed by atoms with Crippen LogP contribution in [0, 0.1) is 10.1 Å². The highest BCUT2D eigenvalue weighted by molar-refractivity contribution is 8.00. The number of hydrogen-bond donors (Lipinski definition) is 1. The molecule has 0 amide bonds. The zero-order valence-electron chi connectivity index (χ0n) is 10.7. The predicted octanol–water partition coefficient (Wildman–Crippen LogP) is 2.95. The number of nitro benzene ring substituents is 1. The largest absolute Gasteiger partial charge is 0.487 e. The molecule has 0 aromatic heterocycles. The Bertz CT molecular complexity index is 477. The second kappa shape index (κ2) is 6.98. The number of carboxylic acid groups (broad SMARTS) is 1. The van der Waals surface area contributed by atoms with E-state index < -0.39 is 16.1 Å². The molecule has 0 heterocycles. The van der Waals surface area contributed by atoms with Crippen LogP contribution in [0.25, 0.3) is 0 Å². The normalized spacial score (nSPS) is 11.9. The van der Waals surface area contributed by atoms with Crippen LogP contribution in [0.5, 0.6) is 5.75 Å². The zero-order valence-corrected chi connectivity index (χ0v) is 11.5. The number of nitro groups is 1. The minimum absolute atomic E-state index is 0.110. The molecule has 1 aromatic rings. The van der Waals surface area contributed by atoms with Gasteiger partial charge in [-0.25, -0.2) is 0 Å². The van der Waals surface area contributed by atoms with Crippen LogP contribution in [-0.2, 0) is 4.79 Å². The van der Waals surface area contributed by atoms with E-state index in [1.54, 1.807) is 6.92 Å². The molecule has 1 rings (SSSR count). The molecule has 0 radical (unpaired) electrons. The van der Waals surface area contributed by atoms with E-state index in [9.17, 15) is 14.9 Å². The lowest BCUT2D eigenvalue weighted by molar-refractivity contribution is -0.385. The van der Waals surface area contributed by atoms with Crippen molar-refractivity contribution in [3.8, 4) is 5.75 Å². The first-order valence-corrected chi connectivity index (χ1v) is 6.64. The van der Waals surface area contributed by atoms with Crippen molar-refractivity contribution < 1.29 is 19.6 Å². The summed E-state index contributed by atoms with van der Waals surface area (Å²) in [6.07, 6.45) is 0.736. The van der Waals surface area contributed by atoms with Gasteiger partial charge in [0.05, 0.1) is 11.5 Å². The summed E-state index contributed by atoms with van der Waals surface area (Å²) in [5.74, 6) is -0.756. The minimum Gasteiger partial charge on any atom is -0.487 e. The van der Waals surface area contributed by atoms with Crippen molar-refractivity contribution in [3.63, 3.8) is 0 Å². The molecule has 0 spiro atoms. The number of benzene rings is 1. The van der Waals surface area contributed by atoms with Crippen molar-refractivity contribution in [3.05, 3.63) is 28.3 Å². The number of rotatable bonds is 7. The van der Waals surface area contributed by atoms with Gasteiger partial charge in [0.2, 0.25) is 0 Å². The van der Waals surface area contributed by atoms with Gasteiger partial charge < -0.3 is 9.84 Å². The molecular weight excluding hydrogens is 270 g/mol. The lowest BCUT2D eigenvalue weighted by Crippen LogP contribution is -2.11. The van der Waals surface area contributed by atoms with Gasteiger partial charge in [-0.1, -0.05) is 6.92 Å². The second-order valence-corrected chi connectivity index (χ2v) is 5.25. The standard InChI is InChI=1S/C12H15NO5S/c1-3-6-18-11-7-9(19-8(2)12(14)15)4-5-10(11)13(16)17/h4-5,7-8H,3,6H2,1-2H3,(H,14,15). The van der Waals surface area contributed by atoms with E-state index >= 15 is 0 Å². The van der Waals surface area contributed by atoms with Crippen molar-refractivity contribution in [2.24, 2.45) is 0 Å². The van der Waals surface area contributed by atoms with Gasteiger partial charge in [-0.15, -0.1) is 11.8 Å². The molecule has 0 saturated heterocycles. The molecule has 1 unspecified atom stereocenters. The molecule has 0 bridgehead atoms. The van der Waals surface area contributed by atoms with Gasteiger partial charge in [0.1, 0.15) is 5.25 Å². The number of ether oxygens (including phenoxy) is 1. The number of thioether (sulfide) groups is 1. The Balaban J connectivity index is 2.96. The Morgan fingerprint density at radius 3 is 2.79 bits per heavy atom. The van der Waals surface area contributed by atoms with Crippen molar-refractivity contribution in [2.45, 2.75) is 30.4 Å². The van der Waals surface area contributed by atoms with Gasteiger partial charge in [0.15, 0.2) is 5.75 Å². The van der Waals surface area contributed by atoms with Gasteiger partial charge in [-0.3, -0.25) is 14.9 Å². The molecular formula is C12H15NO5S. The highest BCUT2D eigenvalue weighted by Crippen LogP contribution is 2.33. The summed E-state index contributed by atoms with van der Waals surface area (Å²) in [6.45, 7) is 3.83. The highest BCUT2D eigenvalue weighted by Gasteiger charge is 2.18. The molecule has 1 atom stereocenters. The zero-order chi connectivity index (χ0) is 14.4. The van der Waals surface area contributed by atoms with E-state index in [2.05, 4.69) is 0 Å². The average molecular weight is 285 g/mol. The van der Waals surface area contributed by atoms with Crippen LogP contribution in [0.1, 0.15) is 20.3 Å². The Hall–Kier alpha value is -1.76. The van der Waals surface area contributed by atoms with Crippen LogP contribution in [0.15, 0.2) is 23.1 Å². The fourth-order valence-corrected chi connectivity index (χ4v) is 2.13. The molecule has 6 nitrogen and oxygen atoms in total. The lowest BCUT2D eigenvalue weighted by atomic mass is 10.3. The maximum atomic E-state index is 10.9. The maximum absolute atomic E-state index is 10.9. The van der Waals surface area contributed by atoms with Crippen LogP contribution < -0.4 is 4.74 Å².